The zero-order valence-corrected chi connectivity index (χ0v) is 14.8. The molecule has 0 aliphatic carbocycles. The van der Waals surface area contributed by atoms with Crippen LogP contribution in [0, 0.1) is 10.1 Å². The minimum atomic E-state index is -0.514. The van der Waals surface area contributed by atoms with Crippen LogP contribution in [0.1, 0.15) is 10.4 Å². The van der Waals surface area contributed by atoms with Gasteiger partial charge >= 0.3 is 0 Å². The highest BCUT2D eigenvalue weighted by molar-refractivity contribution is 8.93. The van der Waals surface area contributed by atoms with Crippen LogP contribution in [-0.2, 0) is 6.54 Å². The van der Waals surface area contributed by atoms with Gasteiger partial charge in [0.1, 0.15) is 0 Å². The summed E-state index contributed by atoms with van der Waals surface area (Å²) in [5.74, 6) is -0.210. The van der Waals surface area contributed by atoms with E-state index in [1.807, 2.05) is 36.4 Å². The molecule has 3 rings (SSSR count). The van der Waals surface area contributed by atoms with Crippen molar-refractivity contribution in [1.29, 1.82) is 0 Å². The van der Waals surface area contributed by atoms with Crippen molar-refractivity contribution in [2.24, 2.45) is 0 Å². The molecule has 1 heterocycles. The highest BCUT2D eigenvalue weighted by Gasteiger charge is 2.14. The van der Waals surface area contributed by atoms with Crippen LogP contribution in [0.5, 0.6) is 0 Å². The van der Waals surface area contributed by atoms with Gasteiger partial charge in [-0.3, -0.25) is 14.9 Å². The number of halogens is 1. The number of nitrogens with zero attached hydrogens (tertiary/aromatic N) is 3. The summed E-state index contributed by atoms with van der Waals surface area (Å²) in [6, 6.07) is 17.3. The summed E-state index contributed by atoms with van der Waals surface area (Å²) >= 11 is 0. The third-order valence-corrected chi connectivity index (χ3v) is 3.54. The van der Waals surface area contributed by atoms with Gasteiger partial charge in [-0.05, 0) is 4.98 Å². The lowest BCUT2D eigenvalue weighted by Gasteiger charge is -2.01. The van der Waals surface area contributed by atoms with Crippen molar-refractivity contribution in [3.05, 3.63) is 88.9 Å². The summed E-state index contributed by atoms with van der Waals surface area (Å²) in [4.78, 5) is 26.9. The maximum atomic E-state index is 12.3. The molecule has 0 saturated heterocycles. The minimum absolute atomic E-state index is 0. The van der Waals surface area contributed by atoms with E-state index in [2.05, 4.69) is 4.98 Å². The molecule has 3 aromatic rings. The molecule has 126 valence electrons. The van der Waals surface area contributed by atoms with E-state index in [1.54, 1.807) is 23.2 Å². The first kappa shape index (κ1) is 18.4. The molecular formula is C18H15BrN3O3+. The van der Waals surface area contributed by atoms with E-state index in [-0.39, 0.29) is 35.0 Å². The Labute approximate surface area is 154 Å². The molecule has 0 aliphatic rings. The maximum Gasteiger partial charge on any atom is 0.287 e. The van der Waals surface area contributed by atoms with Crippen LogP contribution in [0.2, 0.25) is 0 Å². The largest absolute Gasteiger partial charge is 0.290 e. The molecule has 0 amide bonds. The zero-order valence-electron chi connectivity index (χ0n) is 13.1. The molecule has 1 aromatic heterocycles. The highest BCUT2D eigenvalue weighted by Crippen LogP contribution is 2.15. The lowest BCUT2D eigenvalue weighted by Crippen LogP contribution is -2.37. The number of hydrogen-bond donors (Lipinski definition) is 0. The molecule has 2 aromatic carbocycles. The van der Waals surface area contributed by atoms with Gasteiger partial charge in [-0.2, -0.15) is 0 Å². The van der Waals surface area contributed by atoms with Gasteiger partial charge in [0.25, 0.3) is 12.0 Å². The molecule has 0 saturated carbocycles. The molecule has 7 heteroatoms. The smallest absolute Gasteiger partial charge is 0.287 e. The fraction of sp³-hybridized carbons (Fsp3) is 0.0556. The summed E-state index contributed by atoms with van der Waals surface area (Å²) in [7, 11) is 0. The number of aromatic nitrogens is 2. The van der Waals surface area contributed by atoms with Crippen LogP contribution in [0.15, 0.2) is 73.2 Å². The first-order valence-electron chi connectivity index (χ1n) is 7.31. The maximum absolute atomic E-state index is 12.3. The second-order valence-corrected chi connectivity index (χ2v) is 5.21. The van der Waals surface area contributed by atoms with Crippen LogP contribution in [0.3, 0.4) is 0 Å². The number of rotatable bonds is 5. The Kier molecular flexibility index (Phi) is 6.08. The van der Waals surface area contributed by atoms with Crippen molar-refractivity contribution < 1.29 is 14.3 Å². The Balaban J connectivity index is 0.00000225. The Bertz CT molecular complexity index is 884. The number of ketones is 1. The first-order valence-corrected chi connectivity index (χ1v) is 7.31. The molecule has 0 N–H and O–H groups in total. The predicted molar refractivity (Wildman–Crippen MR) is 97.6 cm³/mol. The van der Waals surface area contributed by atoms with Gasteiger partial charge in [0.2, 0.25) is 5.78 Å². The number of benzene rings is 2. The summed E-state index contributed by atoms with van der Waals surface area (Å²) in [6.45, 7) is 0.0727. The molecule has 0 bridgehead atoms. The van der Waals surface area contributed by atoms with E-state index in [9.17, 15) is 14.9 Å². The monoisotopic (exact) mass is 400 g/mol. The highest BCUT2D eigenvalue weighted by atomic mass is 79.9. The molecule has 6 nitrogen and oxygen atoms in total. The minimum Gasteiger partial charge on any atom is -0.290 e. The Morgan fingerprint density at radius 2 is 1.84 bits per heavy atom. The Hall–Kier alpha value is -2.93. The Morgan fingerprint density at radius 3 is 2.48 bits per heavy atom. The normalized spacial score (nSPS) is 9.92. The second-order valence-electron chi connectivity index (χ2n) is 5.21. The fourth-order valence-electron chi connectivity index (χ4n) is 2.31. The third kappa shape index (κ3) is 4.54. The van der Waals surface area contributed by atoms with E-state index in [0.717, 1.165) is 11.3 Å². The van der Waals surface area contributed by atoms with Gasteiger partial charge in [-0.1, -0.05) is 42.5 Å². The average Bonchev–Trinajstić information content (AvgIpc) is 2.63. The summed E-state index contributed by atoms with van der Waals surface area (Å²) < 4.78 is 1.65. The van der Waals surface area contributed by atoms with Crippen molar-refractivity contribution >= 4 is 28.5 Å². The van der Waals surface area contributed by atoms with Gasteiger partial charge in [-0.25, -0.2) is 4.57 Å². The molecule has 0 unspecified atom stereocenters. The lowest BCUT2D eigenvalue weighted by atomic mass is 10.1. The van der Waals surface area contributed by atoms with Crippen LogP contribution in [-0.4, -0.2) is 15.7 Å². The molecule has 0 spiro atoms. The van der Waals surface area contributed by atoms with Crippen molar-refractivity contribution in [2.75, 3.05) is 0 Å². The van der Waals surface area contributed by atoms with Crippen LogP contribution < -0.4 is 4.57 Å². The number of hydrogen-bond acceptors (Lipinski definition) is 4. The first-order chi connectivity index (χ1) is 11.6. The summed E-state index contributed by atoms with van der Waals surface area (Å²) in [6.07, 6.45) is 3.35. The summed E-state index contributed by atoms with van der Waals surface area (Å²) in [5.41, 5.74) is 2.02. The number of non-ortho nitro benzene ring substituents is 1. The van der Waals surface area contributed by atoms with E-state index >= 15 is 0 Å². The number of carbonyl (C=O) groups excluding carboxylic acids is 1. The molecule has 0 aliphatic heterocycles. The zero-order chi connectivity index (χ0) is 16.9. The van der Waals surface area contributed by atoms with Crippen LogP contribution >= 0.6 is 17.0 Å². The van der Waals surface area contributed by atoms with E-state index < -0.39 is 4.92 Å². The topological polar surface area (TPSA) is 77.0 Å². The van der Waals surface area contributed by atoms with Gasteiger partial charge in [0.05, 0.1) is 11.1 Å². The van der Waals surface area contributed by atoms with Crippen molar-refractivity contribution in [3.8, 4) is 11.3 Å². The molecule has 0 fully saturated rings. The fourth-order valence-corrected chi connectivity index (χ4v) is 2.31. The quantitative estimate of drug-likeness (QED) is 0.284. The predicted octanol–water partition coefficient (Wildman–Crippen LogP) is 3.41. The molecule has 0 atom stereocenters. The van der Waals surface area contributed by atoms with Crippen LogP contribution in [0.4, 0.5) is 5.69 Å². The number of Topliss-reactive ketones (excluding diaryl/α,β-unsaturated/α-hetero) is 1. The van der Waals surface area contributed by atoms with Gasteiger partial charge in [0.15, 0.2) is 12.2 Å². The van der Waals surface area contributed by atoms with Crippen molar-refractivity contribution in [3.63, 3.8) is 0 Å². The summed E-state index contributed by atoms with van der Waals surface area (Å²) in [5, 5.41) is 10.8. The molecule has 25 heavy (non-hydrogen) atoms. The average molecular weight is 401 g/mol. The number of carbonyl (C=O) groups is 1. The Morgan fingerprint density at radius 1 is 1.08 bits per heavy atom. The van der Waals surface area contributed by atoms with Crippen LogP contribution in [0.25, 0.3) is 11.3 Å². The van der Waals surface area contributed by atoms with E-state index in [4.69, 9.17) is 0 Å². The van der Waals surface area contributed by atoms with E-state index in [1.165, 1.54) is 18.2 Å². The standard InChI is InChI=1S/C18H14N3O3.BrH/c22-18(15-7-4-8-16(11-15)21(23)24)12-20-10-9-17(19-13-20)14-5-2-1-3-6-14;/h1-11,13H,12H2;1H/q+1;. The van der Waals surface area contributed by atoms with Crippen molar-refractivity contribution in [1.82, 2.24) is 4.98 Å². The third-order valence-electron chi connectivity index (χ3n) is 3.54. The molecule has 0 radical (unpaired) electrons. The number of nitro groups is 1. The second kappa shape index (κ2) is 8.25. The van der Waals surface area contributed by atoms with Gasteiger partial charge in [0, 0.05) is 29.3 Å². The number of nitro benzene ring substituents is 1. The van der Waals surface area contributed by atoms with E-state index in [0.29, 0.717) is 5.56 Å². The van der Waals surface area contributed by atoms with Gasteiger partial charge < -0.3 is 0 Å². The van der Waals surface area contributed by atoms with Gasteiger partial charge in [-0.15, -0.1) is 17.0 Å². The van der Waals surface area contributed by atoms with Crippen molar-refractivity contribution in [2.45, 2.75) is 6.54 Å². The SMILES string of the molecule is Br.O=C(C[n+]1ccc(-c2ccccc2)nc1)c1cccc([N+](=O)[O-])c1. The lowest BCUT2D eigenvalue weighted by molar-refractivity contribution is -0.686. The molecular weight excluding hydrogens is 386 g/mol.